The van der Waals surface area contributed by atoms with Crippen LogP contribution in [0.4, 0.5) is 0 Å². The highest BCUT2D eigenvalue weighted by atomic mass is 32.2. The zero-order valence-corrected chi connectivity index (χ0v) is 21.1. The van der Waals surface area contributed by atoms with Crippen molar-refractivity contribution in [1.82, 2.24) is 14.5 Å². The van der Waals surface area contributed by atoms with Crippen LogP contribution in [-0.4, -0.2) is 52.3 Å². The summed E-state index contributed by atoms with van der Waals surface area (Å²) >= 11 is 1.21. The Balaban J connectivity index is 1.97. The third kappa shape index (κ3) is 6.28. The van der Waals surface area contributed by atoms with Gasteiger partial charge in [-0.15, -0.1) is 0 Å². The van der Waals surface area contributed by atoms with Crippen LogP contribution in [0.25, 0.3) is 10.9 Å². The van der Waals surface area contributed by atoms with Crippen molar-refractivity contribution in [2.45, 2.75) is 39.4 Å². The summed E-state index contributed by atoms with van der Waals surface area (Å²) in [4.78, 5) is 44.9. The van der Waals surface area contributed by atoms with Gasteiger partial charge in [0.1, 0.15) is 5.76 Å². The van der Waals surface area contributed by atoms with Gasteiger partial charge >= 0.3 is 5.97 Å². The van der Waals surface area contributed by atoms with Crippen LogP contribution in [0, 0.1) is 11.8 Å². The average molecular weight is 486 g/mol. The molecule has 0 aliphatic rings. The molecule has 8 nitrogen and oxygen atoms in total. The summed E-state index contributed by atoms with van der Waals surface area (Å²) in [5.41, 5.74) is 0.409. The maximum Gasteiger partial charge on any atom is 0.337 e. The zero-order chi connectivity index (χ0) is 24.8. The van der Waals surface area contributed by atoms with Gasteiger partial charge in [-0.2, -0.15) is 0 Å². The van der Waals surface area contributed by atoms with Crippen molar-refractivity contribution in [3.8, 4) is 0 Å². The molecule has 0 saturated carbocycles. The molecule has 1 aromatic carbocycles. The van der Waals surface area contributed by atoms with Crippen molar-refractivity contribution in [1.29, 1.82) is 0 Å². The molecule has 182 valence electrons. The van der Waals surface area contributed by atoms with E-state index in [-0.39, 0.29) is 23.8 Å². The Labute approximate surface area is 203 Å². The second-order valence-corrected chi connectivity index (χ2v) is 9.91. The van der Waals surface area contributed by atoms with Gasteiger partial charge in [0.2, 0.25) is 5.91 Å². The fourth-order valence-corrected chi connectivity index (χ4v) is 4.53. The number of carbonyl (C=O) groups is 2. The van der Waals surface area contributed by atoms with E-state index >= 15 is 0 Å². The van der Waals surface area contributed by atoms with Crippen LogP contribution in [0.1, 0.15) is 43.8 Å². The van der Waals surface area contributed by atoms with E-state index in [1.165, 1.54) is 29.5 Å². The number of fused-ring (bicyclic) bond motifs is 1. The molecule has 0 atom stereocenters. The van der Waals surface area contributed by atoms with Crippen molar-refractivity contribution in [2.24, 2.45) is 11.8 Å². The lowest BCUT2D eigenvalue weighted by Gasteiger charge is -2.26. The molecule has 3 rings (SSSR count). The van der Waals surface area contributed by atoms with Gasteiger partial charge in [-0.1, -0.05) is 39.5 Å². The molecule has 0 saturated heterocycles. The van der Waals surface area contributed by atoms with Gasteiger partial charge in [0.05, 0.1) is 42.1 Å². The molecule has 0 fully saturated rings. The minimum Gasteiger partial charge on any atom is -0.467 e. The van der Waals surface area contributed by atoms with Gasteiger partial charge in [0.15, 0.2) is 5.16 Å². The number of ether oxygens (including phenoxy) is 1. The summed E-state index contributed by atoms with van der Waals surface area (Å²) < 4.78 is 11.7. The van der Waals surface area contributed by atoms with Gasteiger partial charge < -0.3 is 14.1 Å². The Bertz CT molecular complexity index is 1190. The van der Waals surface area contributed by atoms with Gasteiger partial charge in [-0.3, -0.25) is 14.2 Å². The highest BCUT2D eigenvalue weighted by Gasteiger charge is 2.20. The summed E-state index contributed by atoms with van der Waals surface area (Å²) in [5, 5.41) is 0.759. The molecule has 9 heteroatoms. The molecule has 0 N–H and O–H groups in total. The fourth-order valence-electron chi connectivity index (χ4n) is 3.63. The first-order valence-electron chi connectivity index (χ1n) is 11.3. The Hall–Kier alpha value is -3.07. The lowest BCUT2D eigenvalue weighted by atomic mass is 10.1. The molecule has 0 aliphatic heterocycles. The number of methoxy groups -OCH3 is 1. The first-order valence-corrected chi connectivity index (χ1v) is 12.2. The summed E-state index contributed by atoms with van der Waals surface area (Å²) in [7, 11) is 1.30. The highest BCUT2D eigenvalue weighted by molar-refractivity contribution is 7.99. The first kappa shape index (κ1) is 25.6. The van der Waals surface area contributed by atoms with E-state index in [1.54, 1.807) is 30.5 Å². The van der Waals surface area contributed by atoms with Crippen molar-refractivity contribution >= 4 is 34.5 Å². The smallest absolute Gasteiger partial charge is 0.337 e. The van der Waals surface area contributed by atoms with E-state index in [0.29, 0.717) is 52.3 Å². The minimum absolute atomic E-state index is 0.00499. The number of nitrogens with zero attached hydrogens (tertiary/aromatic N) is 3. The highest BCUT2D eigenvalue weighted by Crippen LogP contribution is 2.21. The van der Waals surface area contributed by atoms with Crippen LogP contribution in [-0.2, 0) is 16.1 Å². The number of furan rings is 1. The number of hydrogen-bond donors (Lipinski definition) is 0. The van der Waals surface area contributed by atoms with E-state index < -0.39 is 5.97 Å². The molecule has 0 radical (unpaired) electrons. The second-order valence-electron chi connectivity index (χ2n) is 8.96. The third-order valence-corrected chi connectivity index (χ3v) is 6.05. The Morgan fingerprint density at radius 3 is 2.44 bits per heavy atom. The summed E-state index contributed by atoms with van der Waals surface area (Å²) in [6.07, 6.45) is 1.55. The predicted octanol–water partition coefficient (Wildman–Crippen LogP) is 4.06. The van der Waals surface area contributed by atoms with Crippen molar-refractivity contribution in [3.63, 3.8) is 0 Å². The molecule has 0 aliphatic carbocycles. The van der Waals surface area contributed by atoms with Crippen molar-refractivity contribution in [2.75, 3.05) is 26.0 Å². The molecule has 0 spiro atoms. The number of carbonyl (C=O) groups excluding carboxylic acids is 2. The van der Waals surface area contributed by atoms with Gasteiger partial charge in [0, 0.05) is 13.1 Å². The Morgan fingerprint density at radius 1 is 1.15 bits per heavy atom. The average Bonchev–Trinajstić information content (AvgIpc) is 3.31. The summed E-state index contributed by atoms with van der Waals surface area (Å²) in [6.45, 7) is 9.86. The number of hydrogen-bond acceptors (Lipinski definition) is 7. The lowest BCUT2D eigenvalue weighted by Crippen LogP contribution is -2.38. The number of aromatic nitrogens is 2. The molecule has 0 bridgehead atoms. The Kier molecular flexibility index (Phi) is 8.55. The number of rotatable bonds is 10. The summed E-state index contributed by atoms with van der Waals surface area (Å²) in [6, 6.07) is 8.19. The van der Waals surface area contributed by atoms with E-state index in [9.17, 15) is 14.4 Å². The topological polar surface area (TPSA) is 94.6 Å². The molecular weight excluding hydrogens is 454 g/mol. The largest absolute Gasteiger partial charge is 0.467 e. The molecule has 3 aromatic rings. The maximum atomic E-state index is 13.4. The predicted molar refractivity (Wildman–Crippen MR) is 132 cm³/mol. The number of esters is 1. The van der Waals surface area contributed by atoms with Crippen LogP contribution >= 0.6 is 11.8 Å². The minimum atomic E-state index is -0.508. The number of benzene rings is 1. The van der Waals surface area contributed by atoms with E-state index in [0.717, 1.165) is 0 Å². The molecule has 0 unspecified atom stereocenters. The number of amides is 1. The molecule has 2 aromatic heterocycles. The van der Waals surface area contributed by atoms with E-state index in [4.69, 9.17) is 9.15 Å². The monoisotopic (exact) mass is 485 g/mol. The third-order valence-electron chi connectivity index (χ3n) is 5.08. The van der Waals surface area contributed by atoms with Crippen LogP contribution in [0.15, 0.2) is 51.0 Å². The van der Waals surface area contributed by atoms with Crippen molar-refractivity contribution in [3.05, 3.63) is 58.3 Å². The van der Waals surface area contributed by atoms with Gasteiger partial charge in [-0.05, 0) is 42.2 Å². The first-order chi connectivity index (χ1) is 16.2. The molecule has 2 heterocycles. The quantitative estimate of drug-likeness (QED) is 0.243. The van der Waals surface area contributed by atoms with Crippen LogP contribution < -0.4 is 5.56 Å². The zero-order valence-electron chi connectivity index (χ0n) is 20.2. The van der Waals surface area contributed by atoms with Gasteiger partial charge in [0.25, 0.3) is 5.56 Å². The normalized spacial score (nSPS) is 11.4. The van der Waals surface area contributed by atoms with Crippen LogP contribution in [0.3, 0.4) is 0 Å². The standard InChI is InChI=1S/C25H31N3O5S/c1-16(2)12-27(13-17(3)4)22(29)15-34-25-26-21-11-18(24(31)32-5)8-9-20(21)23(30)28(25)14-19-7-6-10-33-19/h6-11,16-17H,12-15H2,1-5H3. The van der Waals surface area contributed by atoms with E-state index in [2.05, 4.69) is 32.7 Å². The van der Waals surface area contributed by atoms with Crippen LogP contribution in [0.2, 0.25) is 0 Å². The van der Waals surface area contributed by atoms with Crippen LogP contribution in [0.5, 0.6) is 0 Å². The molecular formula is C25H31N3O5S. The second kappa shape index (κ2) is 11.4. The fraction of sp³-hybridized carbons (Fsp3) is 0.440. The SMILES string of the molecule is COC(=O)c1ccc2c(=O)n(Cc3ccco3)c(SCC(=O)N(CC(C)C)CC(C)C)nc2c1. The molecule has 1 amide bonds. The Morgan fingerprint density at radius 2 is 1.85 bits per heavy atom. The van der Waals surface area contributed by atoms with Gasteiger partial charge in [-0.25, -0.2) is 9.78 Å². The van der Waals surface area contributed by atoms with Crippen molar-refractivity contribution < 1.29 is 18.7 Å². The molecule has 34 heavy (non-hydrogen) atoms. The lowest BCUT2D eigenvalue weighted by molar-refractivity contribution is -0.129. The number of thioether (sulfide) groups is 1. The van der Waals surface area contributed by atoms with E-state index in [1.807, 2.05) is 4.90 Å². The summed E-state index contributed by atoms with van der Waals surface area (Å²) in [5.74, 6) is 0.928. The maximum absolute atomic E-state index is 13.4.